The molecule has 0 aromatic carbocycles. The maximum Gasteiger partial charge on any atom is 0.0224 e. The molecule has 2 aliphatic heterocycles. The maximum absolute atomic E-state index is 3.74. The standard InChI is InChI=1S/C15H27N3/c1-2-14-11-18(9-8-17(14)7-1)15-6-3-12(15)10-16-13-4-5-13/h12-16H,1-11H2. The second-order valence-electron chi connectivity index (χ2n) is 6.91. The van der Waals surface area contributed by atoms with Gasteiger partial charge in [-0.3, -0.25) is 9.80 Å². The molecule has 18 heavy (non-hydrogen) atoms. The fourth-order valence-corrected chi connectivity index (χ4v) is 4.19. The van der Waals surface area contributed by atoms with E-state index in [1.807, 2.05) is 0 Å². The first-order valence-corrected chi connectivity index (χ1v) is 8.11. The second kappa shape index (κ2) is 4.77. The Hall–Kier alpha value is -0.120. The van der Waals surface area contributed by atoms with Crippen molar-refractivity contribution in [3.63, 3.8) is 0 Å². The monoisotopic (exact) mass is 249 g/mol. The van der Waals surface area contributed by atoms with Crippen molar-refractivity contribution in [1.82, 2.24) is 15.1 Å². The molecule has 3 atom stereocenters. The van der Waals surface area contributed by atoms with Crippen LogP contribution >= 0.6 is 0 Å². The van der Waals surface area contributed by atoms with Crippen molar-refractivity contribution in [2.24, 2.45) is 5.92 Å². The van der Waals surface area contributed by atoms with Crippen molar-refractivity contribution in [1.29, 1.82) is 0 Å². The highest BCUT2D eigenvalue weighted by Crippen LogP contribution is 2.35. The van der Waals surface area contributed by atoms with Crippen LogP contribution in [-0.4, -0.2) is 60.6 Å². The van der Waals surface area contributed by atoms with Gasteiger partial charge in [0.25, 0.3) is 0 Å². The van der Waals surface area contributed by atoms with Gasteiger partial charge in [-0.25, -0.2) is 0 Å². The van der Waals surface area contributed by atoms with Crippen LogP contribution in [0.4, 0.5) is 0 Å². The zero-order chi connectivity index (χ0) is 11.9. The first-order valence-electron chi connectivity index (χ1n) is 8.11. The summed E-state index contributed by atoms with van der Waals surface area (Å²) >= 11 is 0. The van der Waals surface area contributed by atoms with Crippen LogP contribution in [0.15, 0.2) is 0 Å². The van der Waals surface area contributed by atoms with Gasteiger partial charge >= 0.3 is 0 Å². The molecule has 0 aromatic heterocycles. The van der Waals surface area contributed by atoms with E-state index in [4.69, 9.17) is 0 Å². The molecule has 3 nitrogen and oxygen atoms in total. The van der Waals surface area contributed by atoms with E-state index in [1.54, 1.807) is 0 Å². The van der Waals surface area contributed by atoms with Crippen molar-refractivity contribution in [3.8, 4) is 0 Å². The molecule has 2 saturated carbocycles. The molecular formula is C15H27N3. The number of piperazine rings is 1. The number of hydrogen-bond acceptors (Lipinski definition) is 3. The van der Waals surface area contributed by atoms with Gasteiger partial charge in [0.1, 0.15) is 0 Å². The Morgan fingerprint density at radius 3 is 2.56 bits per heavy atom. The van der Waals surface area contributed by atoms with E-state index in [1.165, 1.54) is 71.2 Å². The summed E-state index contributed by atoms with van der Waals surface area (Å²) in [5.41, 5.74) is 0. The number of hydrogen-bond donors (Lipinski definition) is 1. The zero-order valence-corrected chi connectivity index (χ0v) is 11.5. The molecule has 3 heteroatoms. The Balaban J connectivity index is 1.29. The molecule has 0 bridgehead atoms. The van der Waals surface area contributed by atoms with Crippen LogP contribution in [0.25, 0.3) is 0 Å². The molecule has 102 valence electrons. The average molecular weight is 249 g/mol. The predicted octanol–water partition coefficient (Wildman–Crippen LogP) is 1.30. The molecule has 0 radical (unpaired) electrons. The third-order valence-electron chi connectivity index (χ3n) is 5.71. The molecular weight excluding hydrogens is 222 g/mol. The Morgan fingerprint density at radius 2 is 1.78 bits per heavy atom. The van der Waals surface area contributed by atoms with E-state index in [2.05, 4.69) is 15.1 Å². The molecule has 1 N–H and O–H groups in total. The average Bonchev–Trinajstić information content (AvgIpc) is 3.05. The van der Waals surface area contributed by atoms with Gasteiger partial charge in [-0.15, -0.1) is 0 Å². The first kappa shape index (κ1) is 11.7. The van der Waals surface area contributed by atoms with Crippen molar-refractivity contribution in [2.75, 3.05) is 32.7 Å². The van der Waals surface area contributed by atoms with Crippen LogP contribution < -0.4 is 5.32 Å². The van der Waals surface area contributed by atoms with Crippen molar-refractivity contribution >= 4 is 0 Å². The van der Waals surface area contributed by atoms with Gasteiger partial charge < -0.3 is 5.32 Å². The summed E-state index contributed by atoms with van der Waals surface area (Å²) in [6, 6.07) is 2.70. The maximum atomic E-state index is 3.74. The molecule has 0 spiro atoms. The largest absolute Gasteiger partial charge is 0.314 e. The fraction of sp³-hybridized carbons (Fsp3) is 1.00. The third kappa shape index (κ3) is 2.21. The smallest absolute Gasteiger partial charge is 0.0224 e. The fourth-order valence-electron chi connectivity index (χ4n) is 4.19. The summed E-state index contributed by atoms with van der Waals surface area (Å²) in [6.45, 7) is 6.70. The molecule has 4 fully saturated rings. The number of fused-ring (bicyclic) bond motifs is 1. The van der Waals surface area contributed by atoms with Crippen LogP contribution in [-0.2, 0) is 0 Å². The molecule has 2 heterocycles. The third-order valence-corrected chi connectivity index (χ3v) is 5.71. The SMILES string of the molecule is C1CC2CN(C3CCC3CNC3CC3)CCN2C1. The highest BCUT2D eigenvalue weighted by Gasteiger charge is 2.40. The highest BCUT2D eigenvalue weighted by molar-refractivity contribution is 4.96. The lowest BCUT2D eigenvalue weighted by Gasteiger charge is -2.49. The molecule has 0 aromatic rings. The molecule has 3 unspecified atom stereocenters. The quantitative estimate of drug-likeness (QED) is 0.810. The van der Waals surface area contributed by atoms with Gasteiger partial charge in [-0.1, -0.05) is 0 Å². The normalized spacial score (nSPS) is 41.7. The molecule has 0 amide bonds. The van der Waals surface area contributed by atoms with E-state index in [0.29, 0.717) is 0 Å². The lowest BCUT2D eigenvalue weighted by Crippen LogP contribution is -2.59. The molecule has 4 aliphatic rings. The summed E-state index contributed by atoms with van der Waals surface area (Å²) < 4.78 is 0. The van der Waals surface area contributed by atoms with E-state index < -0.39 is 0 Å². The van der Waals surface area contributed by atoms with Crippen molar-refractivity contribution < 1.29 is 0 Å². The van der Waals surface area contributed by atoms with Crippen LogP contribution in [0.1, 0.15) is 38.5 Å². The van der Waals surface area contributed by atoms with Crippen LogP contribution in [0.5, 0.6) is 0 Å². The van der Waals surface area contributed by atoms with Crippen molar-refractivity contribution in [2.45, 2.75) is 56.7 Å². The molecule has 2 aliphatic carbocycles. The zero-order valence-electron chi connectivity index (χ0n) is 11.5. The van der Waals surface area contributed by atoms with Gasteiger partial charge in [0.05, 0.1) is 0 Å². The summed E-state index contributed by atoms with van der Waals surface area (Å²) in [5.74, 6) is 0.957. The number of rotatable bonds is 4. The second-order valence-corrected chi connectivity index (χ2v) is 6.91. The summed E-state index contributed by atoms with van der Waals surface area (Å²) in [6.07, 6.45) is 8.68. The summed E-state index contributed by atoms with van der Waals surface area (Å²) in [4.78, 5) is 5.56. The number of nitrogens with zero attached hydrogens (tertiary/aromatic N) is 2. The lowest BCUT2D eigenvalue weighted by molar-refractivity contribution is 0.00639. The van der Waals surface area contributed by atoms with Crippen LogP contribution in [0.3, 0.4) is 0 Å². The first-order chi connectivity index (χ1) is 8.90. The van der Waals surface area contributed by atoms with Crippen molar-refractivity contribution in [3.05, 3.63) is 0 Å². The Kier molecular flexibility index (Phi) is 3.10. The molecule has 2 saturated heterocycles. The van der Waals surface area contributed by atoms with Gasteiger partial charge in [0.15, 0.2) is 0 Å². The summed E-state index contributed by atoms with van der Waals surface area (Å²) in [5, 5.41) is 3.74. The van der Waals surface area contributed by atoms with Gasteiger partial charge in [-0.2, -0.15) is 0 Å². The van der Waals surface area contributed by atoms with Crippen LogP contribution in [0.2, 0.25) is 0 Å². The minimum atomic E-state index is 0.887. The van der Waals surface area contributed by atoms with Gasteiger partial charge in [-0.05, 0) is 57.5 Å². The van der Waals surface area contributed by atoms with Gasteiger partial charge in [0, 0.05) is 37.8 Å². The van der Waals surface area contributed by atoms with E-state index in [-0.39, 0.29) is 0 Å². The Morgan fingerprint density at radius 1 is 0.889 bits per heavy atom. The van der Waals surface area contributed by atoms with Gasteiger partial charge in [0.2, 0.25) is 0 Å². The Labute approximate surface area is 111 Å². The Bertz CT molecular complexity index is 302. The predicted molar refractivity (Wildman–Crippen MR) is 73.7 cm³/mol. The molecule has 4 rings (SSSR count). The van der Waals surface area contributed by atoms with E-state index in [0.717, 1.165) is 24.0 Å². The highest BCUT2D eigenvalue weighted by atomic mass is 15.3. The topological polar surface area (TPSA) is 18.5 Å². The lowest BCUT2D eigenvalue weighted by atomic mass is 9.78. The minimum absolute atomic E-state index is 0.887. The van der Waals surface area contributed by atoms with E-state index >= 15 is 0 Å². The van der Waals surface area contributed by atoms with E-state index in [9.17, 15) is 0 Å². The number of nitrogens with one attached hydrogen (secondary N) is 1. The minimum Gasteiger partial charge on any atom is -0.314 e. The van der Waals surface area contributed by atoms with Crippen LogP contribution in [0, 0.1) is 5.92 Å². The summed E-state index contributed by atoms with van der Waals surface area (Å²) in [7, 11) is 0.